The Labute approximate surface area is 105 Å². The molecule has 1 atom stereocenters. The van der Waals surface area contributed by atoms with Crippen LogP contribution in [0.1, 0.15) is 33.1 Å². The van der Waals surface area contributed by atoms with Crippen LogP contribution >= 0.6 is 0 Å². The van der Waals surface area contributed by atoms with Crippen molar-refractivity contribution in [3.8, 4) is 5.97 Å². The molecule has 1 aliphatic heterocycles. The second-order valence-corrected chi connectivity index (χ2v) is 7.29. The van der Waals surface area contributed by atoms with Crippen molar-refractivity contribution in [2.75, 3.05) is 12.9 Å². The Balaban J connectivity index is 2.30. The van der Waals surface area contributed by atoms with E-state index in [9.17, 15) is 8.42 Å². The third-order valence-corrected chi connectivity index (χ3v) is 4.13. The summed E-state index contributed by atoms with van der Waals surface area (Å²) in [7, 11) is -3.31. The summed E-state index contributed by atoms with van der Waals surface area (Å²) in [4.78, 5) is 0. The molecule has 0 aromatic carbocycles. The van der Waals surface area contributed by atoms with Crippen LogP contribution in [0.5, 0.6) is 0 Å². The van der Waals surface area contributed by atoms with Crippen LogP contribution in [0.2, 0.25) is 11.6 Å². The van der Waals surface area contributed by atoms with E-state index in [0.717, 1.165) is 31.8 Å². The minimum absolute atomic E-state index is 0.0944. The molecule has 1 aliphatic rings. The zero-order valence-electron chi connectivity index (χ0n) is 10.8. The molecule has 0 saturated carbocycles. The lowest BCUT2D eigenvalue weighted by Gasteiger charge is -2.18. The van der Waals surface area contributed by atoms with Crippen LogP contribution in [0.3, 0.4) is 0 Å². The smallest absolute Gasteiger partial charge is 0.270 e. The van der Waals surface area contributed by atoms with Gasteiger partial charge in [-0.3, -0.25) is 4.18 Å². The van der Waals surface area contributed by atoms with Crippen molar-refractivity contribution in [3.05, 3.63) is 0 Å². The first-order chi connectivity index (χ1) is 7.74. The van der Waals surface area contributed by atoms with Crippen molar-refractivity contribution in [1.82, 2.24) is 0 Å². The molecule has 0 aromatic heterocycles. The maximum Gasteiger partial charge on any atom is 0.273 e. The summed E-state index contributed by atoms with van der Waals surface area (Å²) in [6.07, 6.45) is 4.73. The van der Waals surface area contributed by atoms with E-state index in [2.05, 4.69) is 19.8 Å². The topological polar surface area (TPSA) is 67.2 Å². The highest BCUT2D eigenvalue weighted by atomic mass is 32.2. The fraction of sp³-hybridized carbons (Fsp3) is 0.909. The molecule has 0 amide bonds. The molecule has 17 heavy (non-hydrogen) atoms. The van der Waals surface area contributed by atoms with Crippen molar-refractivity contribution < 1.29 is 12.6 Å². The van der Waals surface area contributed by atoms with Crippen LogP contribution in [-0.4, -0.2) is 28.0 Å². The zero-order valence-corrected chi connectivity index (χ0v) is 11.6. The second-order valence-electron chi connectivity index (χ2n) is 5.64. The lowest BCUT2D eigenvalue weighted by atomic mass is 9.37. The number of rotatable bonds is 5. The molecule has 0 aromatic rings. The fourth-order valence-corrected chi connectivity index (χ4v) is 3.07. The van der Waals surface area contributed by atoms with Gasteiger partial charge in [-0.1, -0.05) is 26.6 Å². The molecule has 1 heterocycles. The highest BCUT2D eigenvalue weighted by Gasteiger charge is 2.43. The molecular weight excluding hydrogens is 237 g/mol. The first-order valence-corrected chi connectivity index (χ1v) is 7.80. The summed E-state index contributed by atoms with van der Waals surface area (Å²) in [5.41, 5.74) is 0. The molecule has 1 fully saturated rings. The average Bonchev–Trinajstić information content (AvgIpc) is 2.46. The third-order valence-electron chi connectivity index (χ3n) is 3.54. The average molecular weight is 257 g/mol. The quantitative estimate of drug-likeness (QED) is 0.429. The highest BCUT2D eigenvalue weighted by Crippen LogP contribution is 2.47. The van der Waals surface area contributed by atoms with E-state index < -0.39 is 10.1 Å². The standard InChI is InChI=1S/C11H20BNO3S/c1-11(2)7-10(8-12(11)9-13)5-4-6-16-17(3,14)15/h10H,4-8H2,1-3H3. The number of hydrogen-bond donors (Lipinski definition) is 0. The molecule has 0 spiro atoms. The number of hydrogen-bond acceptors (Lipinski definition) is 4. The van der Waals surface area contributed by atoms with E-state index in [0.29, 0.717) is 5.92 Å². The molecule has 0 radical (unpaired) electrons. The predicted octanol–water partition coefficient (Wildman–Crippen LogP) is 2.10. The SMILES string of the molecule is CC1(C)CC(CCCOS(C)(=O)=O)CB1C#N. The monoisotopic (exact) mass is 257 g/mol. The number of nitrogens with zero attached hydrogens (tertiary/aromatic N) is 1. The summed E-state index contributed by atoms with van der Waals surface area (Å²) >= 11 is 0. The van der Waals surface area contributed by atoms with Crippen molar-refractivity contribution in [2.45, 2.75) is 44.7 Å². The first-order valence-electron chi connectivity index (χ1n) is 5.98. The molecule has 0 aliphatic carbocycles. The van der Waals surface area contributed by atoms with Gasteiger partial charge in [0.1, 0.15) is 0 Å². The van der Waals surface area contributed by atoms with E-state index in [1.54, 1.807) is 0 Å². The van der Waals surface area contributed by atoms with E-state index in [1.165, 1.54) is 0 Å². The van der Waals surface area contributed by atoms with Gasteiger partial charge in [-0.15, -0.1) is 0 Å². The zero-order chi connectivity index (χ0) is 13.1. The molecule has 96 valence electrons. The Hall–Kier alpha value is -0.535. The van der Waals surface area contributed by atoms with Crippen LogP contribution < -0.4 is 0 Å². The van der Waals surface area contributed by atoms with Crippen molar-refractivity contribution >= 4 is 16.8 Å². The van der Waals surface area contributed by atoms with Gasteiger partial charge in [-0.25, -0.2) is 5.26 Å². The van der Waals surface area contributed by atoms with Crippen LogP contribution in [-0.2, 0) is 14.3 Å². The summed E-state index contributed by atoms with van der Waals surface area (Å²) < 4.78 is 26.2. The Bertz CT molecular complexity index is 399. The second kappa shape index (κ2) is 5.41. The van der Waals surface area contributed by atoms with Crippen LogP contribution in [0, 0.1) is 17.1 Å². The van der Waals surface area contributed by atoms with Crippen molar-refractivity contribution in [1.29, 1.82) is 5.26 Å². The van der Waals surface area contributed by atoms with E-state index >= 15 is 0 Å². The van der Waals surface area contributed by atoms with Gasteiger partial charge in [0.15, 0.2) is 0 Å². The van der Waals surface area contributed by atoms with Crippen molar-refractivity contribution in [2.24, 2.45) is 5.92 Å². The molecule has 1 unspecified atom stereocenters. The van der Waals surface area contributed by atoms with Crippen molar-refractivity contribution in [3.63, 3.8) is 0 Å². The highest BCUT2D eigenvalue weighted by molar-refractivity contribution is 7.85. The Morgan fingerprint density at radius 1 is 1.53 bits per heavy atom. The van der Waals surface area contributed by atoms with Gasteiger partial charge < -0.3 is 0 Å². The maximum absolute atomic E-state index is 10.8. The molecular formula is C11H20BNO3S. The maximum atomic E-state index is 10.8. The molecule has 6 heteroatoms. The summed E-state index contributed by atoms with van der Waals surface area (Å²) in [6.45, 7) is 4.65. The summed E-state index contributed by atoms with van der Waals surface area (Å²) in [6, 6.07) is 0. The minimum atomic E-state index is -3.31. The lowest BCUT2D eigenvalue weighted by Crippen LogP contribution is -2.19. The van der Waals surface area contributed by atoms with Crippen LogP contribution in [0.25, 0.3) is 0 Å². The first kappa shape index (κ1) is 14.5. The predicted molar refractivity (Wildman–Crippen MR) is 68.4 cm³/mol. The fourth-order valence-electron chi connectivity index (χ4n) is 2.65. The van der Waals surface area contributed by atoms with Crippen LogP contribution in [0.4, 0.5) is 0 Å². The van der Waals surface area contributed by atoms with Gasteiger partial charge in [0.05, 0.1) is 12.9 Å². The lowest BCUT2D eigenvalue weighted by molar-refractivity contribution is 0.297. The van der Waals surface area contributed by atoms with Gasteiger partial charge in [0.2, 0.25) is 0 Å². The summed E-state index contributed by atoms with van der Waals surface area (Å²) in [5.74, 6) is 2.90. The third kappa shape index (κ3) is 4.68. The Kier molecular flexibility index (Phi) is 4.62. The summed E-state index contributed by atoms with van der Waals surface area (Å²) in [5, 5.41) is 9.14. The van der Waals surface area contributed by atoms with E-state index in [4.69, 9.17) is 9.44 Å². The van der Waals surface area contributed by atoms with E-state index in [-0.39, 0.29) is 18.6 Å². The largest absolute Gasteiger partial charge is 0.273 e. The van der Waals surface area contributed by atoms with Gasteiger partial charge >= 0.3 is 0 Å². The van der Waals surface area contributed by atoms with Gasteiger partial charge in [0, 0.05) is 5.97 Å². The molecule has 4 nitrogen and oxygen atoms in total. The van der Waals surface area contributed by atoms with E-state index in [1.807, 2.05) is 0 Å². The normalized spacial score (nSPS) is 23.6. The molecule has 1 rings (SSSR count). The van der Waals surface area contributed by atoms with Gasteiger partial charge in [-0.2, -0.15) is 8.42 Å². The minimum Gasteiger partial charge on any atom is -0.270 e. The molecule has 0 bridgehead atoms. The molecule has 1 saturated heterocycles. The Morgan fingerprint density at radius 3 is 2.65 bits per heavy atom. The van der Waals surface area contributed by atoms with Gasteiger partial charge in [-0.05, 0) is 24.1 Å². The number of nitriles is 1. The van der Waals surface area contributed by atoms with Gasteiger partial charge in [0.25, 0.3) is 16.8 Å². The molecule has 0 N–H and O–H groups in total. The van der Waals surface area contributed by atoms with Crippen LogP contribution in [0.15, 0.2) is 0 Å². The Morgan fingerprint density at radius 2 is 2.18 bits per heavy atom.